The topological polar surface area (TPSA) is 136 Å². The van der Waals surface area contributed by atoms with Crippen molar-refractivity contribution in [3.63, 3.8) is 0 Å². The third-order valence-electron chi connectivity index (χ3n) is 3.95. The van der Waals surface area contributed by atoms with E-state index in [1.165, 1.54) is 12.1 Å². The number of hydrogen-bond donors (Lipinski definition) is 5. The molecule has 0 bridgehead atoms. The van der Waals surface area contributed by atoms with Crippen LogP contribution in [0.15, 0.2) is 54.2 Å². The number of carbonyl (C=O) groups is 2. The van der Waals surface area contributed by atoms with E-state index in [1.54, 1.807) is 6.92 Å². The molecule has 0 aliphatic heterocycles. The van der Waals surface area contributed by atoms with Crippen LogP contribution in [0, 0.1) is 5.82 Å². The highest BCUT2D eigenvalue weighted by molar-refractivity contribution is 7.81. The average Bonchev–Trinajstić information content (AvgIpc) is 2.63. The maximum Gasteiger partial charge on any atom is 0.250 e. The van der Waals surface area contributed by atoms with Gasteiger partial charge in [-0.25, -0.2) is 4.39 Å². The van der Waals surface area contributed by atoms with Crippen LogP contribution in [-0.2, 0) is 11.2 Å². The van der Waals surface area contributed by atoms with Gasteiger partial charge in [0.05, 0.1) is 16.9 Å². The van der Waals surface area contributed by atoms with Crippen LogP contribution in [0.3, 0.4) is 0 Å². The fourth-order valence-electron chi connectivity index (χ4n) is 2.63. The van der Waals surface area contributed by atoms with Crippen molar-refractivity contribution in [2.45, 2.75) is 19.4 Å². The molecule has 8 N–H and O–H groups in total. The molecule has 2 aromatic rings. The van der Waals surface area contributed by atoms with E-state index in [0.717, 1.165) is 11.6 Å². The van der Waals surface area contributed by atoms with Crippen molar-refractivity contribution in [3.8, 4) is 0 Å². The van der Waals surface area contributed by atoms with Crippen molar-refractivity contribution >= 4 is 40.4 Å². The van der Waals surface area contributed by atoms with Crippen molar-refractivity contribution in [2.75, 3.05) is 10.6 Å². The van der Waals surface area contributed by atoms with Gasteiger partial charge in [-0.1, -0.05) is 42.5 Å². The Labute approximate surface area is 173 Å². The first kappa shape index (κ1) is 21.8. The Morgan fingerprint density at radius 1 is 1.14 bits per heavy atom. The Morgan fingerprint density at radius 3 is 2.34 bits per heavy atom. The molecule has 0 radical (unpaired) electrons. The van der Waals surface area contributed by atoms with Gasteiger partial charge in [0.2, 0.25) is 5.91 Å². The van der Waals surface area contributed by atoms with Crippen molar-refractivity contribution in [3.05, 3.63) is 71.2 Å². The van der Waals surface area contributed by atoms with Gasteiger partial charge in [-0.2, -0.15) is 0 Å². The van der Waals surface area contributed by atoms with Crippen molar-refractivity contribution < 1.29 is 14.0 Å². The molecule has 1 unspecified atom stereocenters. The third-order valence-corrected chi connectivity index (χ3v) is 4.17. The molecule has 2 amide bonds. The van der Waals surface area contributed by atoms with Gasteiger partial charge in [-0.05, 0) is 30.7 Å². The second-order valence-corrected chi connectivity index (χ2v) is 6.85. The number of primary amides is 2. The molecule has 0 spiro atoms. The molecule has 1 atom stereocenters. The Hall–Kier alpha value is -3.46. The number of anilines is 2. The summed E-state index contributed by atoms with van der Waals surface area (Å²) in [6.45, 7) is 1.64. The minimum Gasteiger partial charge on any atom is -0.402 e. The number of nitrogens with two attached hydrogens (primary N) is 3. The fraction of sp³-hybridized carbons (Fsp3) is 0.150. The molecule has 7 nitrogen and oxygen atoms in total. The van der Waals surface area contributed by atoms with Crippen LogP contribution >= 0.6 is 12.2 Å². The van der Waals surface area contributed by atoms with Crippen molar-refractivity contribution in [1.82, 2.24) is 0 Å². The number of benzene rings is 2. The van der Waals surface area contributed by atoms with E-state index in [4.69, 9.17) is 29.4 Å². The first-order chi connectivity index (χ1) is 13.7. The van der Waals surface area contributed by atoms with E-state index in [9.17, 15) is 14.0 Å². The lowest BCUT2D eigenvalue weighted by Crippen LogP contribution is -2.37. The zero-order valence-corrected chi connectivity index (χ0v) is 16.6. The van der Waals surface area contributed by atoms with Gasteiger partial charge < -0.3 is 27.8 Å². The number of rotatable bonds is 8. The van der Waals surface area contributed by atoms with Gasteiger partial charge in [0.25, 0.3) is 5.91 Å². The summed E-state index contributed by atoms with van der Waals surface area (Å²) in [5, 5.41) is 5.59. The molecular weight excluding hydrogens is 393 g/mol. The van der Waals surface area contributed by atoms with E-state index < -0.39 is 23.7 Å². The lowest BCUT2D eigenvalue weighted by molar-refractivity contribution is -0.118. The number of halogens is 1. The summed E-state index contributed by atoms with van der Waals surface area (Å²) < 4.78 is 14.6. The highest BCUT2D eigenvalue weighted by Gasteiger charge is 2.20. The molecule has 0 aliphatic rings. The second-order valence-electron chi connectivity index (χ2n) is 6.41. The average molecular weight is 415 g/mol. The molecule has 0 aromatic heterocycles. The van der Waals surface area contributed by atoms with Gasteiger partial charge >= 0.3 is 0 Å². The maximum absolute atomic E-state index is 14.6. The maximum atomic E-state index is 14.6. The van der Waals surface area contributed by atoms with Crippen LogP contribution in [0.2, 0.25) is 0 Å². The summed E-state index contributed by atoms with van der Waals surface area (Å²) in [4.78, 5) is 23.8. The van der Waals surface area contributed by atoms with Crippen LogP contribution in [0.25, 0.3) is 0 Å². The Morgan fingerprint density at radius 2 is 1.79 bits per heavy atom. The van der Waals surface area contributed by atoms with Crippen molar-refractivity contribution in [1.29, 1.82) is 0 Å². The molecule has 0 saturated heterocycles. The van der Waals surface area contributed by atoms with Gasteiger partial charge in [-0.15, -0.1) is 0 Å². The molecule has 152 valence electrons. The van der Waals surface area contributed by atoms with E-state index >= 15 is 0 Å². The lowest BCUT2D eigenvalue weighted by Gasteiger charge is -2.19. The minimum atomic E-state index is -0.877. The van der Waals surface area contributed by atoms with E-state index in [1.807, 2.05) is 30.3 Å². The van der Waals surface area contributed by atoms with Gasteiger partial charge in [-0.3, -0.25) is 9.59 Å². The third kappa shape index (κ3) is 6.28. The van der Waals surface area contributed by atoms with Crippen LogP contribution in [0.4, 0.5) is 15.8 Å². The minimum absolute atomic E-state index is 0.0338. The molecule has 29 heavy (non-hydrogen) atoms. The quantitative estimate of drug-likeness (QED) is 0.331. The van der Waals surface area contributed by atoms with Crippen molar-refractivity contribution in [2.24, 2.45) is 17.2 Å². The van der Waals surface area contributed by atoms with E-state index in [-0.39, 0.29) is 28.3 Å². The molecule has 2 rings (SSSR count). The normalized spacial score (nSPS) is 12.1. The van der Waals surface area contributed by atoms with E-state index in [2.05, 4.69) is 10.6 Å². The Balaban J connectivity index is 2.36. The van der Waals surface area contributed by atoms with Crippen LogP contribution in [-0.4, -0.2) is 22.8 Å². The largest absolute Gasteiger partial charge is 0.402 e. The van der Waals surface area contributed by atoms with Crippen LogP contribution in [0.1, 0.15) is 22.8 Å². The summed E-state index contributed by atoms with van der Waals surface area (Å²) in [7, 11) is 0. The summed E-state index contributed by atoms with van der Waals surface area (Å²) in [6.07, 6.45) is 1.72. The number of allylic oxidation sites excluding steroid dienone is 1. The number of hydrogen-bond acceptors (Lipinski definition) is 5. The summed E-state index contributed by atoms with van der Waals surface area (Å²) in [6, 6.07) is 10.6. The zero-order valence-electron chi connectivity index (χ0n) is 15.7. The van der Waals surface area contributed by atoms with Gasteiger partial charge in [0, 0.05) is 12.1 Å². The predicted molar refractivity (Wildman–Crippen MR) is 116 cm³/mol. The summed E-state index contributed by atoms with van der Waals surface area (Å²) in [5.41, 5.74) is 17.7. The predicted octanol–water partition coefficient (Wildman–Crippen LogP) is 2.03. The first-order valence-electron chi connectivity index (χ1n) is 8.65. The lowest BCUT2D eigenvalue weighted by atomic mass is 10.0. The van der Waals surface area contributed by atoms with Crippen LogP contribution in [0.5, 0.6) is 0 Å². The monoisotopic (exact) mass is 415 g/mol. The molecule has 0 heterocycles. The smallest absolute Gasteiger partial charge is 0.250 e. The highest BCUT2D eigenvalue weighted by Crippen LogP contribution is 2.26. The molecule has 0 fully saturated rings. The molecule has 9 heteroatoms. The summed E-state index contributed by atoms with van der Waals surface area (Å²) >= 11 is 5.14. The van der Waals surface area contributed by atoms with Crippen LogP contribution < -0.4 is 27.8 Å². The van der Waals surface area contributed by atoms with Gasteiger partial charge in [0.1, 0.15) is 16.8 Å². The first-order valence-corrected chi connectivity index (χ1v) is 9.06. The zero-order chi connectivity index (χ0) is 21.6. The molecule has 0 saturated carbocycles. The number of amides is 2. The van der Waals surface area contributed by atoms with E-state index in [0.29, 0.717) is 5.70 Å². The highest BCUT2D eigenvalue weighted by atomic mass is 32.1. The van der Waals surface area contributed by atoms with Gasteiger partial charge in [0.15, 0.2) is 0 Å². The Kier molecular flexibility index (Phi) is 7.27. The SMILES string of the molecule is CC(N)=CC(=S)Nc1cc(NC(Cc2ccccc2)C(N)=O)c(F)cc1C(N)=O. The molecule has 2 aromatic carbocycles. The number of nitrogens with one attached hydrogen (secondary N) is 2. The Bertz CT molecular complexity index is 959. The fourth-order valence-corrected chi connectivity index (χ4v) is 2.92. The number of carbonyl (C=O) groups excluding carboxylic acids is 2. The number of thiocarbonyl (C=S) groups is 1. The second kappa shape index (κ2) is 9.65. The standard InChI is InChI=1S/C20H22FN5O2S/c1-11(22)7-18(29)26-15-10-16(14(21)9-13(15)19(23)27)25-17(20(24)28)8-12-5-3-2-4-6-12/h2-7,9-10,17,25H,8,22H2,1H3,(H2,23,27)(H2,24,28)(H,26,29). The molecule has 0 aliphatic carbocycles. The summed E-state index contributed by atoms with van der Waals surface area (Å²) in [5.74, 6) is -2.26. The molecular formula is C20H22FN5O2S.